The summed E-state index contributed by atoms with van der Waals surface area (Å²) in [6.45, 7) is 31.3. The molecule has 346 valence electrons. The molecule has 3 aromatic rings. The monoisotopic (exact) mass is 879 g/mol. The second-order valence-corrected chi connectivity index (χ2v) is 28.3. The van der Waals surface area contributed by atoms with Gasteiger partial charge in [0.1, 0.15) is 0 Å². The number of carbonyl (C=O) groups excluding carboxylic acids is 4. The molecule has 0 radical (unpaired) electrons. The van der Waals surface area contributed by atoms with Crippen LogP contribution in [0.5, 0.6) is 0 Å². The van der Waals surface area contributed by atoms with Gasteiger partial charge in [-0.2, -0.15) is 0 Å². The first-order chi connectivity index (χ1) is 28.6. The standard InChI is InChI=1S/C12H17NO.2C9H11NO.C9H22Si.C6H13NO.C6H16Si/c1-3-4-10-13(11(2)14)12-8-6-5-7-9-12;2*1-8(11)10(2)9-6-4-3-5-7-9;1-5-7-9-10(3,4)8-6-2;1-3-4-5-7-6(2)8;1-5-6-7(2,3)4/h5-9H,3-4,10H2,1-2H3;2*3-7H,1-2H3;5-9H2,1-4H3;3-5H2,1-2H3,(H,7,8);5-6H2,1-4H3. The Morgan fingerprint density at radius 2 is 0.852 bits per heavy atom. The maximum Gasteiger partial charge on any atom is 0.223 e. The van der Waals surface area contributed by atoms with E-state index in [1.807, 2.05) is 95.9 Å². The number of nitrogens with one attached hydrogen (secondary N) is 1. The molecule has 0 fully saturated rings. The summed E-state index contributed by atoms with van der Waals surface area (Å²) < 4.78 is 0. The molecule has 0 aliphatic rings. The zero-order valence-corrected chi connectivity index (χ0v) is 43.8. The lowest BCUT2D eigenvalue weighted by Gasteiger charge is -2.20. The van der Waals surface area contributed by atoms with Gasteiger partial charge >= 0.3 is 0 Å². The summed E-state index contributed by atoms with van der Waals surface area (Å²) in [5, 5.41) is 2.71. The molecule has 3 rings (SSSR count). The van der Waals surface area contributed by atoms with Crippen LogP contribution in [0.25, 0.3) is 0 Å². The van der Waals surface area contributed by atoms with Gasteiger partial charge in [0.2, 0.25) is 23.6 Å². The maximum absolute atomic E-state index is 11.4. The first-order valence-electron chi connectivity index (χ1n) is 22.8. The molecule has 1 N–H and O–H groups in total. The van der Waals surface area contributed by atoms with E-state index in [0.717, 1.165) is 55.8 Å². The van der Waals surface area contributed by atoms with Crippen LogP contribution < -0.4 is 20.0 Å². The fourth-order valence-electron chi connectivity index (χ4n) is 5.71. The third kappa shape index (κ3) is 37.5. The summed E-state index contributed by atoms with van der Waals surface area (Å²) in [5.74, 6) is 0.288. The molecule has 3 aromatic carbocycles. The topological polar surface area (TPSA) is 90.0 Å². The molecule has 8 nitrogen and oxygen atoms in total. The number of benzene rings is 3. The molecule has 0 bridgehead atoms. The van der Waals surface area contributed by atoms with E-state index in [0.29, 0.717) is 0 Å². The number of rotatable bonds is 16. The van der Waals surface area contributed by atoms with Gasteiger partial charge in [0.25, 0.3) is 0 Å². The van der Waals surface area contributed by atoms with Gasteiger partial charge in [-0.1, -0.05) is 179 Å². The lowest BCUT2D eigenvalue weighted by Crippen LogP contribution is -2.29. The smallest absolute Gasteiger partial charge is 0.223 e. The molecule has 0 unspecified atom stereocenters. The quantitative estimate of drug-likeness (QED) is 0.115. The van der Waals surface area contributed by atoms with Gasteiger partial charge in [0, 0.05) is 88.1 Å². The molecular formula is C51H90N4O4Si2. The Morgan fingerprint density at radius 3 is 1.13 bits per heavy atom. The molecule has 0 atom stereocenters. The van der Waals surface area contributed by atoms with Gasteiger partial charge in [-0.25, -0.2) is 0 Å². The lowest BCUT2D eigenvalue weighted by atomic mass is 10.2. The maximum atomic E-state index is 11.4. The molecule has 0 heterocycles. The van der Waals surface area contributed by atoms with E-state index in [4.69, 9.17) is 0 Å². The van der Waals surface area contributed by atoms with Crippen molar-refractivity contribution in [2.45, 2.75) is 165 Å². The summed E-state index contributed by atoms with van der Waals surface area (Å²) in [4.78, 5) is 48.4. The van der Waals surface area contributed by atoms with Gasteiger partial charge in [-0.15, -0.1) is 0 Å². The number of carbonyl (C=O) groups is 4. The zero-order valence-electron chi connectivity index (χ0n) is 41.8. The van der Waals surface area contributed by atoms with E-state index >= 15 is 0 Å². The molecule has 0 aliphatic carbocycles. The number of para-hydroxylation sites is 3. The fraction of sp³-hybridized carbons (Fsp3) is 0.569. The summed E-state index contributed by atoms with van der Waals surface area (Å²) >= 11 is 0. The summed E-state index contributed by atoms with van der Waals surface area (Å²) in [5.41, 5.74) is 2.86. The SMILES string of the molecule is CC(=O)N(C)c1ccccc1.CC(=O)N(C)c1ccccc1.CCCCN(C(C)=O)c1ccccc1.CCCCNC(C)=O.CCCC[Si](C)(C)CCC.CCC[Si](C)(C)C. The van der Waals surface area contributed by atoms with Gasteiger partial charge in [-0.3, -0.25) is 19.2 Å². The molecule has 0 saturated heterocycles. The Kier molecular flexibility index (Phi) is 37.9. The third-order valence-corrected chi connectivity index (χ3v) is 15.0. The van der Waals surface area contributed by atoms with Crippen molar-refractivity contribution < 1.29 is 19.2 Å². The fourth-order valence-corrected chi connectivity index (χ4v) is 10.1. The van der Waals surface area contributed by atoms with E-state index in [1.54, 1.807) is 44.7 Å². The summed E-state index contributed by atoms with van der Waals surface area (Å²) in [6.07, 6.45) is 9.98. The lowest BCUT2D eigenvalue weighted by molar-refractivity contribution is -0.119. The predicted octanol–water partition coefficient (Wildman–Crippen LogP) is 13.7. The Morgan fingerprint density at radius 1 is 0.475 bits per heavy atom. The second-order valence-electron chi connectivity index (χ2n) is 17.4. The van der Waals surface area contributed by atoms with Crippen LogP contribution >= 0.6 is 0 Å². The molecule has 10 heteroatoms. The van der Waals surface area contributed by atoms with E-state index in [2.05, 4.69) is 72.7 Å². The van der Waals surface area contributed by atoms with Crippen LogP contribution in [-0.2, 0) is 19.2 Å². The average Bonchev–Trinajstić information content (AvgIpc) is 3.21. The van der Waals surface area contributed by atoms with Crippen LogP contribution in [0.3, 0.4) is 0 Å². The molecule has 0 aromatic heterocycles. The number of hydrogen-bond donors (Lipinski definition) is 1. The van der Waals surface area contributed by atoms with Crippen LogP contribution in [0.4, 0.5) is 17.1 Å². The highest BCUT2D eigenvalue weighted by Crippen LogP contribution is 2.20. The van der Waals surface area contributed by atoms with Crippen molar-refractivity contribution in [3.63, 3.8) is 0 Å². The van der Waals surface area contributed by atoms with Gasteiger partial charge in [0.15, 0.2) is 0 Å². The van der Waals surface area contributed by atoms with Crippen molar-refractivity contribution in [3.05, 3.63) is 91.0 Å². The molecule has 0 spiro atoms. The Labute approximate surface area is 377 Å². The minimum absolute atomic E-state index is 0.0520. The number of hydrogen-bond acceptors (Lipinski definition) is 4. The van der Waals surface area contributed by atoms with Crippen LogP contribution in [0, 0.1) is 0 Å². The van der Waals surface area contributed by atoms with Crippen molar-refractivity contribution >= 4 is 56.8 Å². The van der Waals surface area contributed by atoms with Crippen LogP contribution in [-0.4, -0.2) is 67.0 Å². The Balaban J connectivity index is -0.000000671. The predicted molar refractivity (Wildman–Crippen MR) is 275 cm³/mol. The molecular weight excluding hydrogens is 789 g/mol. The van der Waals surface area contributed by atoms with Crippen LogP contribution in [0.2, 0.25) is 50.9 Å². The second kappa shape index (κ2) is 37.7. The highest BCUT2D eigenvalue weighted by Gasteiger charge is 2.17. The summed E-state index contributed by atoms with van der Waals surface area (Å²) in [6, 6.07) is 33.5. The van der Waals surface area contributed by atoms with Crippen molar-refractivity contribution in [1.29, 1.82) is 0 Å². The van der Waals surface area contributed by atoms with Crippen LogP contribution in [0.1, 0.15) is 114 Å². The van der Waals surface area contributed by atoms with Crippen molar-refractivity contribution in [2.75, 3.05) is 41.9 Å². The van der Waals surface area contributed by atoms with Crippen molar-refractivity contribution in [3.8, 4) is 0 Å². The Hall–Kier alpha value is -4.03. The van der Waals surface area contributed by atoms with Gasteiger partial charge in [-0.05, 0) is 49.2 Å². The van der Waals surface area contributed by atoms with E-state index in [-0.39, 0.29) is 23.6 Å². The molecule has 61 heavy (non-hydrogen) atoms. The number of unbranched alkanes of at least 4 members (excludes halogenated alkanes) is 3. The minimum Gasteiger partial charge on any atom is -0.356 e. The number of nitrogens with zero attached hydrogens (tertiary/aromatic N) is 3. The molecule has 0 saturated carbocycles. The molecule has 4 amide bonds. The minimum atomic E-state index is -0.724. The Bertz CT molecular complexity index is 1460. The normalized spacial score (nSPS) is 10.1. The highest BCUT2D eigenvalue weighted by molar-refractivity contribution is 6.77. The molecule has 0 aliphatic heterocycles. The van der Waals surface area contributed by atoms with Crippen molar-refractivity contribution in [1.82, 2.24) is 5.32 Å². The van der Waals surface area contributed by atoms with Gasteiger partial charge < -0.3 is 20.0 Å². The van der Waals surface area contributed by atoms with Crippen molar-refractivity contribution in [2.24, 2.45) is 0 Å². The first-order valence-corrected chi connectivity index (χ1v) is 29.9. The van der Waals surface area contributed by atoms with E-state index in [9.17, 15) is 19.2 Å². The third-order valence-electron chi connectivity index (χ3n) is 9.45. The van der Waals surface area contributed by atoms with E-state index < -0.39 is 16.1 Å². The van der Waals surface area contributed by atoms with E-state index in [1.165, 1.54) is 50.7 Å². The zero-order chi connectivity index (χ0) is 47.3. The average molecular weight is 879 g/mol. The van der Waals surface area contributed by atoms with Crippen LogP contribution in [0.15, 0.2) is 91.0 Å². The van der Waals surface area contributed by atoms with Gasteiger partial charge in [0.05, 0.1) is 0 Å². The summed E-state index contributed by atoms with van der Waals surface area (Å²) in [7, 11) is 2.14. The largest absolute Gasteiger partial charge is 0.356 e. The first kappa shape index (κ1) is 61.3. The number of anilines is 3. The highest BCUT2D eigenvalue weighted by atomic mass is 28.3. The number of amides is 4.